The molecular weight excluding hydrogens is 376 g/mol. The van der Waals surface area contributed by atoms with E-state index in [1.807, 2.05) is 76.2 Å². The van der Waals surface area contributed by atoms with Gasteiger partial charge in [-0.2, -0.15) is 0 Å². The van der Waals surface area contributed by atoms with E-state index in [0.29, 0.717) is 13.0 Å². The van der Waals surface area contributed by atoms with Crippen LogP contribution in [0.2, 0.25) is 0 Å². The molecule has 2 heterocycles. The molecule has 6 heteroatoms. The van der Waals surface area contributed by atoms with E-state index in [4.69, 9.17) is 9.72 Å². The number of rotatable bonds is 6. The number of pyridine rings is 2. The molecule has 1 amide bonds. The SMILES string of the molecule is Cc1ccnc(Nc2cccc(-c3cccc(CCNC(=O)OC(C)(C)C)c3)n2)c1. The van der Waals surface area contributed by atoms with Gasteiger partial charge in [0.25, 0.3) is 0 Å². The molecule has 0 saturated carbocycles. The highest BCUT2D eigenvalue weighted by molar-refractivity contribution is 5.67. The number of anilines is 2. The first-order chi connectivity index (χ1) is 14.3. The molecule has 30 heavy (non-hydrogen) atoms. The monoisotopic (exact) mass is 404 g/mol. The number of nitrogens with one attached hydrogen (secondary N) is 2. The Balaban J connectivity index is 1.65. The highest BCUT2D eigenvalue weighted by Gasteiger charge is 2.15. The molecule has 0 bridgehead atoms. The van der Waals surface area contributed by atoms with Crippen molar-refractivity contribution in [1.82, 2.24) is 15.3 Å². The number of hydrogen-bond donors (Lipinski definition) is 2. The maximum absolute atomic E-state index is 11.8. The summed E-state index contributed by atoms with van der Waals surface area (Å²) in [6.07, 6.45) is 2.08. The van der Waals surface area contributed by atoms with E-state index in [9.17, 15) is 4.79 Å². The molecular formula is C24H28N4O2. The van der Waals surface area contributed by atoms with E-state index in [1.54, 1.807) is 6.20 Å². The highest BCUT2D eigenvalue weighted by Crippen LogP contribution is 2.22. The van der Waals surface area contributed by atoms with Crippen molar-refractivity contribution >= 4 is 17.7 Å². The lowest BCUT2D eigenvalue weighted by atomic mass is 10.1. The molecule has 6 nitrogen and oxygen atoms in total. The van der Waals surface area contributed by atoms with Crippen molar-refractivity contribution in [2.75, 3.05) is 11.9 Å². The van der Waals surface area contributed by atoms with Crippen LogP contribution in [0.25, 0.3) is 11.3 Å². The third kappa shape index (κ3) is 6.58. The van der Waals surface area contributed by atoms with Crippen molar-refractivity contribution in [2.24, 2.45) is 0 Å². The molecule has 1 aromatic carbocycles. The molecule has 0 saturated heterocycles. The Hall–Kier alpha value is -3.41. The molecule has 0 aliphatic heterocycles. The number of aromatic nitrogens is 2. The molecule has 0 aliphatic carbocycles. The summed E-state index contributed by atoms with van der Waals surface area (Å²) in [4.78, 5) is 20.8. The van der Waals surface area contributed by atoms with Gasteiger partial charge < -0.3 is 15.4 Å². The molecule has 3 aromatic rings. The predicted octanol–water partition coefficient (Wildman–Crippen LogP) is 5.26. The van der Waals surface area contributed by atoms with E-state index in [0.717, 1.165) is 34.0 Å². The Morgan fingerprint density at radius 3 is 2.60 bits per heavy atom. The quantitative estimate of drug-likeness (QED) is 0.586. The number of ether oxygens (including phenoxy) is 1. The van der Waals surface area contributed by atoms with E-state index >= 15 is 0 Å². The van der Waals surface area contributed by atoms with Crippen molar-refractivity contribution in [2.45, 2.75) is 39.7 Å². The minimum Gasteiger partial charge on any atom is -0.444 e. The molecule has 0 unspecified atom stereocenters. The zero-order chi connectivity index (χ0) is 21.6. The summed E-state index contributed by atoms with van der Waals surface area (Å²) < 4.78 is 5.27. The molecule has 156 valence electrons. The first-order valence-corrected chi connectivity index (χ1v) is 10.0. The van der Waals surface area contributed by atoms with Gasteiger partial charge >= 0.3 is 6.09 Å². The van der Waals surface area contributed by atoms with Crippen molar-refractivity contribution in [3.63, 3.8) is 0 Å². The topological polar surface area (TPSA) is 76.1 Å². The molecule has 3 rings (SSSR count). The fourth-order valence-electron chi connectivity index (χ4n) is 2.91. The van der Waals surface area contributed by atoms with Crippen LogP contribution in [0, 0.1) is 6.92 Å². The van der Waals surface area contributed by atoms with Gasteiger partial charge in [0.2, 0.25) is 0 Å². The molecule has 0 aliphatic rings. The summed E-state index contributed by atoms with van der Waals surface area (Å²) in [6.45, 7) is 8.08. The van der Waals surface area contributed by atoms with Crippen molar-refractivity contribution in [3.8, 4) is 11.3 Å². The maximum atomic E-state index is 11.8. The number of carbonyl (C=O) groups is 1. The third-order valence-electron chi connectivity index (χ3n) is 4.23. The van der Waals surface area contributed by atoms with Crippen LogP contribution in [0.15, 0.2) is 60.8 Å². The highest BCUT2D eigenvalue weighted by atomic mass is 16.6. The van der Waals surface area contributed by atoms with E-state index in [2.05, 4.69) is 21.7 Å². The standard InChI is InChI=1S/C24H28N4O2/c1-17-11-13-25-22(15-17)28-21-10-6-9-20(27-21)19-8-5-7-18(16-19)12-14-26-23(29)30-24(2,3)4/h5-11,13,15-16H,12,14H2,1-4H3,(H,26,29)(H,25,27,28). The number of carbonyl (C=O) groups excluding carboxylic acids is 1. The minimum absolute atomic E-state index is 0.399. The van der Waals surface area contributed by atoms with Crippen molar-refractivity contribution in [3.05, 3.63) is 71.9 Å². The Labute approximate surface area is 177 Å². The number of amides is 1. The molecule has 0 spiro atoms. The van der Waals surface area contributed by atoms with Crippen molar-refractivity contribution in [1.29, 1.82) is 0 Å². The van der Waals surface area contributed by atoms with Crippen LogP contribution >= 0.6 is 0 Å². The fourth-order valence-corrected chi connectivity index (χ4v) is 2.91. The first-order valence-electron chi connectivity index (χ1n) is 10.0. The largest absolute Gasteiger partial charge is 0.444 e. The minimum atomic E-state index is -0.497. The fraction of sp³-hybridized carbons (Fsp3) is 0.292. The number of aryl methyl sites for hydroxylation is 1. The van der Waals surface area contributed by atoms with Gasteiger partial charge in [-0.3, -0.25) is 0 Å². The Morgan fingerprint density at radius 2 is 1.83 bits per heavy atom. The van der Waals surface area contributed by atoms with Gasteiger partial charge in [-0.15, -0.1) is 0 Å². The molecule has 2 aromatic heterocycles. The number of hydrogen-bond acceptors (Lipinski definition) is 5. The maximum Gasteiger partial charge on any atom is 0.407 e. The lowest BCUT2D eigenvalue weighted by molar-refractivity contribution is 0.0528. The van der Waals surface area contributed by atoms with Gasteiger partial charge in [0.05, 0.1) is 5.69 Å². The van der Waals surface area contributed by atoms with Crippen molar-refractivity contribution < 1.29 is 9.53 Å². The van der Waals surface area contributed by atoms with E-state index in [1.165, 1.54) is 0 Å². The van der Waals surface area contributed by atoms with Gasteiger partial charge in [-0.25, -0.2) is 14.8 Å². The number of alkyl carbamates (subject to hydrolysis) is 1. The summed E-state index contributed by atoms with van der Waals surface area (Å²) in [5, 5.41) is 6.05. The lowest BCUT2D eigenvalue weighted by Crippen LogP contribution is -2.33. The average Bonchev–Trinajstić information content (AvgIpc) is 2.67. The van der Waals surface area contributed by atoms with Crippen LogP contribution in [0.1, 0.15) is 31.9 Å². The lowest BCUT2D eigenvalue weighted by Gasteiger charge is -2.19. The van der Waals surface area contributed by atoms with Gasteiger partial charge in [0.1, 0.15) is 17.2 Å². The average molecular weight is 405 g/mol. The smallest absolute Gasteiger partial charge is 0.407 e. The summed E-state index contributed by atoms with van der Waals surface area (Å²) in [5.74, 6) is 1.50. The normalized spacial score (nSPS) is 11.1. The molecule has 0 radical (unpaired) electrons. The third-order valence-corrected chi connectivity index (χ3v) is 4.23. The summed E-state index contributed by atoms with van der Waals surface area (Å²) >= 11 is 0. The summed E-state index contributed by atoms with van der Waals surface area (Å²) in [5.41, 5.74) is 3.64. The first kappa shape index (κ1) is 21.3. The summed E-state index contributed by atoms with van der Waals surface area (Å²) in [7, 11) is 0. The second-order valence-electron chi connectivity index (χ2n) is 8.13. The Bertz CT molecular complexity index is 1010. The van der Waals surface area contributed by atoms with Crippen LogP contribution < -0.4 is 10.6 Å². The molecule has 0 fully saturated rings. The van der Waals surface area contributed by atoms with Crippen LogP contribution in [0.3, 0.4) is 0 Å². The Morgan fingerprint density at radius 1 is 1.03 bits per heavy atom. The van der Waals surface area contributed by atoms with E-state index < -0.39 is 11.7 Å². The van der Waals surface area contributed by atoms with Gasteiger partial charge in [0.15, 0.2) is 0 Å². The second-order valence-corrected chi connectivity index (χ2v) is 8.13. The number of nitrogens with zero attached hydrogens (tertiary/aromatic N) is 2. The van der Waals surface area contributed by atoms with Crippen LogP contribution in [-0.4, -0.2) is 28.2 Å². The Kier molecular flexibility index (Phi) is 6.67. The molecule has 0 atom stereocenters. The summed E-state index contributed by atoms with van der Waals surface area (Å²) in [6, 6.07) is 18.0. The van der Waals surface area contributed by atoms with E-state index in [-0.39, 0.29) is 0 Å². The molecule has 2 N–H and O–H groups in total. The van der Waals surface area contributed by atoms with Gasteiger partial charge in [0, 0.05) is 18.3 Å². The zero-order valence-corrected chi connectivity index (χ0v) is 17.9. The van der Waals surface area contributed by atoms with Crippen LogP contribution in [0.4, 0.5) is 16.4 Å². The van der Waals surface area contributed by atoms with Gasteiger partial charge in [-0.1, -0.05) is 24.3 Å². The van der Waals surface area contributed by atoms with Crippen LogP contribution in [-0.2, 0) is 11.2 Å². The second kappa shape index (κ2) is 9.39. The zero-order valence-electron chi connectivity index (χ0n) is 17.9. The predicted molar refractivity (Wildman–Crippen MR) is 120 cm³/mol. The number of benzene rings is 1. The van der Waals surface area contributed by atoms with Gasteiger partial charge in [-0.05, 0) is 75.6 Å². The van der Waals surface area contributed by atoms with Crippen LogP contribution in [0.5, 0.6) is 0 Å².